The maximum atomic E-state index is 13.1. The summed E-state index contributed by atoms with van der Waals surface area (Å²) in [5.41, 5.74) is 1.86. The highest BCUT2D eigenvalue weighted by molar-refractivity contribution is 6.23. The molecule has 4 heterocycles. The van der Waals surface area contributed by atoms with Crippen LogP contribution in [0.2, 0.25) is 0 Å². The summed E-state index contributed by atoms with van der Waals surface area (Å²) in [5.74, 6) is -1.30. The zero-order valence-electron chi connectivity index (χ0n) is 17.9. The molecule has 3 saturated heterocycles. The molecule has 4 aliphatic rings. The van der Waals surface area contributed by atoms with E-state index in [0.717, 1.165) is 36.5 Å². The van der Waals surface area contributed by atoms with E-state index in [1.807, 2.05) is 12.1 Å². The molecule has 0 radical (unpaired) electrons. The predicted octanol–water partition coefficient (Wildman–Crippen LogP) is 1.05. The molecule has 3 unspecified atom stereocenters. The second kappa shape index (κ2) is 7.24. The lowest BCUT2D eigenvalue weighted by molar-refractivity contribution is -0.136. The van der Waals surface area contributed by atoms with Crippen LogP contribution in [0.25, 0.3) is 0 Å². The Morgan fingerprint density at radius 3 is 2.58 bits per heavy atom. The van der Waals surface area contributed by atoms with Gasteiger partial charge in [-0.15, -0.1) is 0 Å². The number of nitrogens with zero attached hydrogens (tertiary/aromatic N) is 2. The number of imide groups is 2. The Hall–Kier alpha value is -2.58. The molecule has 5 rings (SSSR count). The number of hydrogen-bond donors (Lipinski definition) is 2. The molecular formula is C23H28N4O4. The molecule has 4 aliphatic heterocycles. The van der Waals surface area contributed by atoms with Crippen LogP contribution in [0.5, 0.6) is 0 Å². The highest BCUT2D eigenvalue weighted by Gasteiger charge is 2.54. The van der Waals surface area contributed by atoms with E-state index in [4.69, 9.17) is 0 Å². The maximum Gasteiger partial charge on any atom is 0.262 e. The predicted molar refractivity (Wildman–Crippen MR) is 112 cm³/mol. The summed E-state index contributed by atoms with van der Waals surface area (Å²) in [5, 5.41) is 5.82. The fourth-order valence-corrected chi connectivity index (χ4v) is 5.89. The molecule has 31 heavy (non-hydrogen) atoms. The smallest absolute Gasteiger partial charge is 0.262 e. The number of piperidine rings is 1. The first-order valence-corrected chi connectivity index (χ1v) is 11.1. The normalized spacial score (nSPS) is 30.9. The summed E-state index contributed by atoms with van der Waals surface area (Å²) in [6.45, 7) is 7.24. The quantitative estimate of drug-likeness (QED) is 0.701. The number of hydrogen-bond acceptors (Lipinski definition) is 6. The molecule has 8 nitrogen and oxygen atoms in total. The first kappa shape index (κ1) is 20.3. The molecule has 2 N–H and O–H groups in total. The van der Waals surface area contributed by atoms with Gasteiger partial charge in [0, 0.05) is 31.1 Å². The highest BCUT2D eigenvalue weighted by Crippen LogP contribution is 2.41. The highest BCUT2D eigenvalue weighted by atomic mass is 16.2. The van der Waals surface area contributed by atoms with Crippen LogP contribution in [0.3, 0.4) is 0 Å². The zero-order chi connectivity index (χ0) is 21.9. The summed E-state index contributed by atoms with van der Waals surface area (Å²) in [7, 11) is 0. The van der Waals surface area contributed by atoms with Crippen molar-refractivity contribution in [2.45, 2.75) is 63.7 Å². The minimum atomic E-state index is -0.928. The molecular weight excluding hydrogens is 396 g/mol. The van der Waals surface area contributed by atoms with E-state index in [-0.39, 0.29) is 24.3 Å². The summed E-state index contributed by atoms with van der Waals surface area (Å²) in [6, 6.07) is 4.97. The number of carbonyl (C=O) groups is 4. The fourth-order valence-electron chi connectivity index (χ4n) is 5.89. The molecule has 0 aromatic heterocycles. The molecule has 0 saturated carbocycles. The van der Waals surface area contributed by atoms with E-state index in [1.54, 1.807) is 6.07 Å². The SMILES string of the molecule is CC(C)C1NCC12CCCN2Cc1ccc2c(c1)C(=O)N(C1CCC(=O)NC1=O)C2=O. The van der Waals surface area contributed by atoms with Crippen molar-refractivity contribution >= 4 is 23.6 Å². The largest absolute Gasteiger partial charge is 0.310 e. The monoisotopic (exact) mass is 424 g/mol. The zero-order valence-corrected chi connectivity index (χ0v) is 17.9. The van der Waals surface area contributed by atoms with Gasteiger partial charge in [-0.25, -0.2) is 0 Å². The standard InChI is InChI=1S/C23H28N4O4/c1-13(2)19-23(12-24-19)8-3-9-26(23)11-14-4-5-15-16(10-14)22(31)27(21(15)30)17-6-7-18(28)25-20(17)29/h4-5,10,13,17,19,24H,3,6-9,11-12H2,1-2H3,(H,25,28,29). The van der Waals surface area contributed by atoms with Crippen molar-refractivity contribution in [3.8, 4) is 0 Å². The lowest BCUT2D eigenvalue weighted by atomic mass is 9.74. The molecule has 0 aliphatic carbocycles. The number of carbonyl (C=O) groups excluding carboxylic acids is 4. The Bertz CT molecular complexity index is 990. The number of nitrogens with one attached hydrogen (secondary N) is 2. The Labute approximate surface area is 181 Å². The van der Waals surface area contributed by atoms with Crippen LogP contribution in [0, 0.1) is 5.92 Å². The van der Waals surface area contributed by atoms with Crippen LogP contribution < -0.4 is 10.6 Å². The van der Waals surface area contributed by atoms with Gasteiger partial charge in [0.25, 0.3) is 11.8 Å². The second-order valence-corrected chi connectivity index (χ2v) is 9.56. The molecule has 3 fully saturated rings. The van der Waals surface area contributed by atoms with Gasteiger partial charge < -0.3 is 5.32 Å². The van der Waals surface area contributed by atoms with Gasteiger partial charge in [0.05, 0.1) is 11.1 Å². The van der Waals surface area contributed by atoms with Crippen molar-refractivity contribution in [1.29, 1.82) is 0 Å². The van der Waals surface area contributed by atoms with Gasteiger partial charge in [-0.2, -0.15) is 0 Å². The van der Waals surface area contributed by atoms with Gasteiger partial charge in [-0.3, -0.25) is 34.3 Å². The third-order valence-corrected chi connectivity index (χ3v) is 7.42. The van der Waals surface area contributed by atoms with Crippen molar-refractivity contribution in [1.82, 2.24) is 20.4 Å². The molecule has 0 bridgehead atoms. The molecule has 1 aromatic carbocycles. The van der Waals surface area contributed by atoms with Crippen LogP contribution >= 0.6 is 0 Å². The van der Waals surface area contributed by atoms with Crippen molar-refractivity contribution < 1.29 is 19.2 Å². The van der Waals surface area contributed by atoms with E-state index in [1.165, 1.54) is 6.42 Å². The third-order valence-electron chi connectivity index (χ3n) is 7.42. The summed E-state index contributed by atoms with van der Waals surface area (Å²) in [4.78, 5) is 53.2. The van der Waals surface area contributed by atoms with Crippen LogP contribution in [0.1, 0.15) is 65.8 Å². The minimum absolute atomic E-state index is 0.122. The topological polar surface area (TPSA) is 98.8 Å². The third kappa shape index (κ3) is 3.03. The summed E-state index contributed by atoms with van der Waals surface area (Å²) in [6.07, 6.45) is 2.63. The molecule has 3 atom stereocenters. The van der Waals surface area contributed by atoms with E-state index in [0.29, 0.717) is 23.1 Å². The molecule has 8 heteroatoms. The van der Waals surface area contributed by atoms with Gasteiger partial charge in [-0.05, 0) is 49.4 Å². The molecule has 1 spiro atoms. The van der Waals surface area contributed by atoms with Gasteiger partial charge in [0.15, 0.2) is 0 Å². The van der Waals surface area contributed by atoms with Crippen LogP contribution in [0.4, 0.5) is 0 Å². The Morgan fingerprint density at radius 1 is 1.13 bits per heavy atom. The first-order valence-electron chi connectivity index (χ1n) is 11.1. The van der Waals surface area contributed by atoms with Crippen LogP contribution in [0.15, 0.2) is 18.2 Å². The Morgan fingerprint density at radius 2 is 1.90 bits per heavy atom. The maximum absolute atomic E-state index is 13.1. The number of rotatable bonds is 4. The second-order valence-electron chi connectivity index (χ2n) is 9.56. The van der Waals surface area contributed by atoms with E-state index >= 15 is 0 Å². The lowest BCUT2D eigenvalue weighted by Crippen LogP contribution is -2.74. The van der Waals surface area contributed by atoms with Gasteiger partial charge >= 0.3 is 0 Å². The molecule has 1 aromatic rings. The Kier molecular flexibility index (Phi) is 4.75. The molecule has 4 amide bonds. The average molecular weight is 425 g/mol. The number of amides is 4. The van der Waals surface area contributed by atoms with Crippen molar-refractivity contribution in [3.63, 3.8) is 0 Å². The van der Waals surface area contributed by atoms with E-state index in [9.17, 15) is 19.2 Å². The van der Waals surface area contributed by atoms with Gasteiger partial charge in [-0.1, -0.05) is 19.9 Å². The Balaban J connectivity index is 1.37. The van der Waals surface area contributed by atoms with Gasteiger partial charge in [0.2, 0.25) is 11.8 Å². The average Bonchev–Trinajstić information content (AvgIpc) is 3.23. The minimum Gasteiger partial charge on any atom is -0.310 e. The van der Waals surface area contributed by atoms with E-state index in [2.05, 4.69) is 29.4 Å². The fraction of sp³-hybridized carbons (Fsp3) is 0.565. The number of likely N-dealkylation sites (tertiary alicyclic amines) is 1. The van der Waals surface area contributed by atoms with Crippen molar-refractivity contribution in [2.24, 2.45) is 5.92 Å². The lowest BCUT2D eigenvalue weighted by Gasteiger charge is -2.55. The van der Waals surface area contributed by atoms with Crippen molar-refractivity contribution in [3.05, 3.63) is 34.9 Å². The van der Waals surface area contributed by atoms with Gasteiger partial charge in [0.1, 0.15) is 6.04 Å². The van der Waals surface area contributed by atoms with Crippen molar-refractivity contribution in [2.75, 3.05) is 13.1 Å². The molecule has 164 valence electrons. The summed E-state index contributed by atoms with van der Waals surface area (Å²) >= 11 is 0. The van der Waals surface area contributed by atoms with E-state index < -0.39 is 23.8 Å². The first-order chi connectivity index (χ1) is 14.8. The van der Waals surface area contributed by atoms with Crippen LogP contribution in [-0.2, 0) is 16.1 Å². The number of benzene rings is 1. The van der Waals surface area contributed by atoms with Crippen LogP contribution in [-0.4, -0.2) is 64.1 Å². The number of fused-ring (bicyclic) bond motifs is 1. The summed E-state index contributed by atoms with van der Waals surface area (Å²) < 4.78 is 0.